The van der Waals surface area contributed by atoms with Crippen molar-refractivity contribution in [3.05, 3.63) is 27.7 Å². The molecule has 112 valence electrons. The number of likely N-dealkylation sites (N-methyl/N-ethyl adjacent to an activating group) is 1. The minimum Gasteiger partial charge on any atom is -0.480 e. The molecule has 0 aliphatic carbocycles. The Morgan fingerprint density at radius 1 is 1.45 bits per heavy atom. The lowest BCUT2D eigenvalue weighted by Crippen LogP contribution is -2.52. The van der Waals surface area contributed by atoms with Crippen LogP contribution in [0.3, 0.4) is 0 Å². The Labute approximate surface area is 131 Å². The molecule has 0 saturated heterocycles. The third-order valence-corrected chi connectivity index (χ3v) is 6.02. The van der Waals surface area contributed by atoms with Crippen LogP contribution in [-0.4, -0.2) is 35.9 Å². The topological polar surface area (TPSA) is 74.7 Å². The van der Waals surface area contributed by atoms with E-state index in [1.165, 1.54) is 26.0 Å². The van der Waals surface area contributed by atoms with Crippen molar-refractivity contribution < 1.29 is 18.3 Å². The highest BCUT2D eigenvalue weighted by molar-refractivity contribution is 9.10. The molecule has 0 fully saturated rings. The summed E-state index contributed by atoms with van der Waals surface area (Å²) in [6.45, 7) is 4.27. The molecule has 0 radical (unpaired) electrons. The molecule has 0 spiro atoms. The van der Waals surface area contributed by atoms with Gasteiger partial charge in [0.05, 0.1) is 5.02 Å². The van der Waals surface area contributed by atoms with E-state index in [0.29, 0.717) is 4.47 Å². The number of hydrogen-bond donors (Lipinski definition) is 1. The van der Waals surface area contributed by atoms with Gasteiger partial charge in [-0.05, 0) is 32.0 Å². The maximum absolute atomic E-state index is 12.6. The zero-order valence-electron chi connectivity index (χ0n) is 11.2. The minimum atomic E-state index is -4.00. The van der Waals surface area contributed by atoms with Crippen LogP contribution >= 0.6 is 27.5 Å². The lowest BCUT2D eigenvalue weighted by Gasteiger charge is -2.33. The van der Waals surface area contributed by atoms with Crippen molar-refractivity contribution in [2.45, 2.75) is 31.2 Å². The Morgan fingerprint density at radius 3 is 2.40 bits per heavy atom. The van der Waals surface area contributed by atoms with Gasteiger partial charge in [0.1, 0.15) is 10.4 Å². The Hall–Kier alpha value is -0.630. The minimum absolute atomic E-state index is 0.0219. The van der Waals surface area contributed by atoms with Crippen molar-refractivity contribution >= 4 is 43.5 Å². The number of aliphatic carboxylic acids is 1. The molecule has 1 rings (SSSR count). The molecule has 0 aromatic heterocycles. The molecule has 20 heavy (non-hydrogen) atoms. The summed E-state index contributed by atoms with van der Waals surface area (Å²) in [4.78, 5) is 11.2. The fraction of sp³-hybridized carbons (Fsp3) is 0.417. The van der Waals surface area contributed by atoms with Crippen LogP contribution in [0.1, 0.15) is 20.8 Å². The first-order valence-corrected chi connectivity index (χ1v) is 8.37. The zero-order chi connectivity index (χ0) is 15.7. The fourth-order valence-corrected chi connectivity index (χ4v) is 4.54. The van der Waals surface area contributed by atoms with Gasteiger partial charge in [-0.1, -0.05) is 34.5 Å². The summed E-state index contributed by atoms with van der Waals surface area (Å²) in [5.74, 6) is -1.23. The summed E-state index contributed by atoms with van der Waals surface area (Å²) < 4.78 is 26.8. The molecule has 0 unspecified atom stereocenters. The highest BCUT2D eigenvalue weighted by Gasteiger charge is 2.42. The zero-order valence-corrected chi connectivity index (χ0v) is 14.4. The molecule has 0 saturated carbocycles. The second kappa shape index (κ2) is 6.01. The number of benzene rings is 1. The molecular weight excluding hydrogens is 370 g/mol. The number of hydrogen-bond acceptors (Lipinski definition) is 3. The van der Waals surface area contributed by atoms with E-state index in [0.717, 1.165) is 4.31 Å². The van der Waals surface area contributed by atoms with Gasteiger partial charge < -0.3 is 5.11 Å². The van der Waals surface area contributed by atoms with Crippen LogP contribution in [0.4, 0.5) is 0 Å². The van der Waals surface area contributed by atoms with Gasteiger partial charge in [0.15, 0.2) is 0 Å². The smallest absolute Gasteiger partial charge is 0.324 e. The summed E-state index contributed by atoms with van der Waals surface area (Å²) in [6, 6.07) is 4.35. The monoisotopic (exact) mass is 383 g/mol. The van der Waals surface area contributed by atoms with Gasteiger partial charge in [-0.3, -0.25) is 4.79 Å². The van der Waals surface area contributed by atoms with Gasteiger partial charge in [-0.15, -0.1) is 0 Å². The Balaban J connectivity index is 3.44. The van der Waals surface area contributed by atoms with Gasteiger partial charge in [-0.2, -0.15) is 4.31 Å². The molecule has 0 atom stereocenters. The molecule has 0 aliphatic heterocycles. The summed E-state index contributed by atoms with van der Waals surface area (Å²) >= 11 is 9.15. The Kier molecular flexibility index (Phi) is 5.23. The number of sulfonamides is 1. The first kappa shape index (κ1) is 17.4. The number of nitrogens with zero attached hydrogens (tertiary/aromatic N) is 1. The first-order valence-electron chi connectivity index (χ1n) is 5.76. The largest absolute Gasteiger partial charge is 0.480 e. The van der Waals surface area contributed by atoms with Crippen LogP contribution in [0.15, 0.2) is 27.6 Å². The summed E-state index contributed by atoms with van der Waals surface area (Å²) in [5, 5.41) is 9.26. The van der Waals surface area contributed by atoms with E-state index in [1.807, 2.05) is 0 Å². The molecule has 1 aromatic carbocycles. The maximum Gasteiger partial charge on any atom is 0.324 e. The molecule has 0 amide bonds. The molecule has 1 aromatic rings. The molecule has 0 aliphatic rings. The first-order chi connectivity index (χ1) is 9.05. The predicted molar refractivity (Wildman–Crippen MR) is 80.4 cm³/mol. The normalized spacial score (nSPS) is 12.7. The van der Waals surface area contributed by atoms with Crippen molar-refractivity contribution in [2.24, 2.45) is 0 Å². The van der Waals surface area contributed by atoms with Gasteiger partial charge in [0.2, 0.25) is 10.0 Å². The maximum atomic E-state index is 12.6. The highest BCUT2D eigenvalue weighted by atomic mass is 79.9. The molecule has 0 heterocycles. The standard InChI is InChI=1S/C12H15BrClNO4S/c1-4-15(12(2,3)11(16)17)20(18,19)10-6-5-8(13)7-9(10)14/h5-7H,4H2,1-3H3,(H,16,17). The van der Waals surface area contributed by atoms with E-state index in [4.69, 9.17) is 11.6 Å². The Morgan fingerprint density at radius 2 is 2.00 bits per heavy atom. The Bertz CT molecular complexity index is 630. The van der Waals surface area contributed by atoms with E-state index in [-0.39, 0.29) is 16.5 Å². The number of carbonyl (C=O) groups is 1. The van der Waals surface area contributed by atoms with Gasteiger partial charge in [0, 0.05) is 11.0 Å². The molecule has 8 heteroatoms. The van der Waals surface area contributed by atoms with E-state index in [9.17, 15) is 18.3 Å². The molecule has 1 N–H and O–H groups in total. The van der Waals surface area contributed by atoms with E-state index >= 15 is 0 Å². The number of carboxylic acids is 1. The summed E-state index contributed by atoms with van der Waals surface area (Å²) in [6.07, 6.45) is 0. The van der Waals surface area contributed by atoms with Crippen LogP contribution in [0, 0.1) is 0 Å². The van der Waals surface area contributed by atoms with Crippen molar-refractivity contribution in [3.8, 4) is 0 Å². The van der Waals surface area contributed by atoms with Gasteiger partial charge >= 0.3 is 5.97 Å². The third kappa shape index (κ3) is 3.16. The van der Waals surface area contributed by atoms with Crippen LogP contribution in [0.2, 0.25) is 5.02 Å². The van der Waals surface area contributed by atoms with Crippen LogP contribution in [0.5, 0.6) is 0 Å². The molecule has 0 bridgehead atoms. The average Bonchev–Trinajstić information content (AvgIpc) is 2.27. The fourth-order valence-electron chi connectivity index (χ4n) is 1.78. The van der Waals surface area contributed by atoms with Crippen molar-refractivity contribution in [3.63, 3.8) is 0 Å². The second-order valence-corrected chi connectivity index (χ2v) is 7.76. The highest BCUT2D eigenvalue weighted by Crippen LogP contribution is 2.31. The SMILES string of the molecule is CCN(C(C)(C)C(=O)O)S(=O)(=O)c1ccc(Br)cc1Cl. The van der Waals surface area contributed by atoms with E-state index in [2.05, 4.69) is 15.9 Å². The quantitative estimate of drug-likeness (QED) is 0.847. The summed E-state index contributed by atoms with van der Waals surface area (Å²) in [5.41, 5.74) is -1.57. The van der Waals surface area contributed by atoms with Crippen molar-refractivity contribution in [2.75, 3.05) is 6.54 Å². The average molecular weight is 385 g/mol. The van der Waals surface area contributed by atoms with Gasteiger partial charge in [0.25, 0.3) is 0 Å². The molecular formula is C12H15BrClNO4S. The van der Waals surface area contributed by atoms with Gasteiger partial charge in [-0.25, -0.2) is 8.42 Å². The number of rotatable bonds is 5. The lowest BCUT2D eigenvalue weighted by atomic mass is 10.1. The van der Waals surface area contributed by atoms with E-state index in [1.54, 1.807) is 13.0 Å². The van der Waals surface area contributed by atoms with Crippen LogP contribution in [-0.2, 0) is 14.8 Å². The third-order valence-electron chi connectivity index (χ3n) is 2.90. The summed E-state index contributed by atoms with van der Waals surface area (Å²) in [7, 11) is -4.00. The van der Waals surface area contributed by atoms with Crippen molar-refractivity contribution in [1.82, 2.24) is 4.31 Å². The van der Waals surface area contributed by atoms with Crippen LogP contribution < -0.4 is 0 Å². The predicted octanol–water partition coefficient (Wildman–Crippen LogP) is 2.98. The second-order valence-electron chi connectivity index (χ2n) is 4.61. The molecule has 5 nitrogen and oxygen atoms in total. The number of halogens is 2. The number of carboxylic acid groups (broad SMARTS) is 1. The van der Waals surface area contributed by atoms with E-state index < -0.39 is 21.5 Å². The van der Waals surface area contributed by atoms with Crippen molar-refractivity contribution in [1.29, 1.82) is 0 Å². The lowest BCUT2D eigenvalue weighted by molar-refractivity contribution is -0.146. The van der Waals surface area contributed by atoms with Crippen LogP contribution in [0.25, 0.3) is 0 Å².